The molecule has 148 valence electrons. The van der Waals surface area contributed by atoms with E-state index in [2.05, 4.69) is 32.7 Å². The highest BCUT2D eigenvalue weighted by Crippen LogP contribution is 2.23. The van der Waals surface area contributed by atoms with Gasteiger partial charge < -0.3 is 20.1 Å². The number of hydrogen-bond acceptors (Lipinski definition) is 4. The Morgan fingerprint density at radius 3 is 2.37 bits per heavy atom. The van der Waals surface area contributed by atoms with Gasteiger partial charge in [-0.15, -0.1) is 24.0 Å². The predicted molar refractivity (Wildman–Crippen MR) is 121 cm³/mol. The normalized spacial score (nSPS) is 10.8. The fourth-order valence-electron chi connectivity index (χ4n) is 2.75. The minimum Gasteiger partial charge on any atom is -0.497 e. The Morgan fingerprint density at radius 2 is 1.78 bits per heavy atom. The third-order valence-electron chi connectivity index (χ3n) is 4.26. The molecule has 27 heavy (non-hydrogen) atoms. The van der Waals surface area contributed by atoms with Gasteiger partial charge in [0.05, 0.1) is 26.5 Å². The van der Waals surface area contributed by atoms with E-state index in [1.54, 1.807) is 21.3 Å². The van der Waals surface area contributed by atoms with E-state index in [1.807, 2.05) is 32.2 Å². The van der Waals surface area contributed by atoms with Crippen molar-refractivity contribution >= 4 is 29.9 Å². The van der Waals surface area contributed by atoms with Gasteiger partial charge in [-0.2, -0.15) is 0 Å². The summed E-state index contributed by atoms with van der Waals surface area (Å²) in [4.78, 5) is 8.77. The first-order valence-corrected chi connectivity index (χ1v) is 8.65. The van der Waals surface area contributed by atoms with Crippen LogP contribution in [0.15, 0.2) is 35.5 Å². The zero-order chi connectivity index (χ0) is 18.9. The van der Waals surface area contributed by atoms with Crippen molar-refractivity contribution in [3.63, 3.8) is 0 Å². The number of aromatic nitrogens is 1. The number of halogens is 1. The molecule has 7 heteroatoms. The third kappa shape index (κ3) is 6.57. The molecule has 1 heterocycles. The van der Waals surface area contributed by atoms with Crippen LogP contribution in [0.1, 0.15) is 22.4 Å². The zero-order valence-electron chi connectivity index (χ0n) is 16.6. The largest absolute Gasteiger partial charge is 0.497 e. The molecule has 1 aromatic heterocycles. The Balaban J connectivity index is 0.00000364. The molecular weight excluding hydrogens is 455 g/mol. The Hall–Kier alpha value is -2.03. The lowest BCUT2D eigenvalue weighted by atomic mass is 10.1. The molecule has 0 saturated carbocycles. The highest BCUT2D eigenvalue weighted by Gasteiger charge is 2.09. The van der Waals surface area contributed by atoms with Crippen LogP contribution in [0.25, 0.3) is 0 Å². The zero-order valence-corrected chi connectivity index (χ0v) is 19.0. The smallest absolute Gasteiger partial charge is 0.191 e. The maximum Gasteiger partial charge on any atom is 0.191 e. The van der Waals surface area contributed by atoms with Crippen molar-refractivity contribution in [3.05, 3.63) is 52.8 Å². The highest BCUT2D eigenvalue weighted by atomic mass is 127. The number of aliphatic imine (C=N–C) groups is 1. The number of aryl methyl sites for hydroxylation is 1. The van der Waals surface area contributed by atoms with Crippen LogP contribution in [0, 0.1) is 13.8 Å². The van der Waals surface area contributed by atoms with Crippen molar-refractivity contribution in [1.29, 1.82) is 0 Å². The van der Waals surface area contributed by atoms with E-state index in [4.69, 9.17) is 9.47 Å². The molecule has 6 nitrogen and oxygen atoms in total. The van der Waals surface area contributed by atoms with E-state index in [9.17, 15) is 0 Å². The Kier molecular flexibility index (Phi) is 9.92. The predicted octanol–water partition coefficient (Wildman–Crippen LogP) is 3.24. The van der Waals surface area contributed by atoms with Gasteiger partial charge in [0.1, 0.15) is 11.5 Å². The second kappa shape index (κ2) is 11.6. The van der Waals surface area contributed by atoms with Gasteiger partial charge in [0.2, 0.25) is 0 Å². The van der Waals surface area contributed by atoms with Gasteiger partial charge in [-0.05, 0) is 38.0 Å². The Labute approximate surface area is 178 Å². The lowest BCUT2D eigenvalue weighted by molar-refractivity contribution is 0.406. The van der Waals surface area contributed by atoms with Crippen LogP contribution >= 0.6 is 24.0 Å². The number of guanidine groups is 1. The first-order chi connectivity index (χ1) is 12.6. The molecule has 0 aliphatic heterocycles. The molecule has 0 fully saturated rings. The number of nitrogens with one attached hydrogen (secondary N) is 2. The molecule has 0 aliphatic carbocycles. The van der Waals surface area contributed by atoms with Gasteiger partial charge in [0.25, 0.3) is 0 Å². The van der Waals surface area contributed by atoms with E-state index < -0.39 is 0 Å². The van der Waals surface area contributed by atoms with E-state index in [0.29, 0.717) is 6.54 Å². The Morgan fingerprint density at radius 1 is 1.07 bits per heavy atom. The minimum absolute atomic E-state index is 0. The van der Waals surface area contributed by atoms with E-state index in [0.717, 1.165) is 47.2 Å². The molecular formula is C20H29IN4O2. The van der Waals surface area contributed by atoms with E-state index >= 15 is 0 Å². The van der Waals surface area contributed by atoms with E-state index in [1.165, 1.54) is 5.56 Å². The summed E-state index contributed by atoms with van der Waals surface area (Å²) in [5.41, 5.74) is 4.28. The number of hydrogen-bond donors (Lipinski definition) is 2. The molecule has 0 atom stereocenters. The number of benzene rings is 1. The standard InChI is InChI=1S/C20H28N4O2.HI/c1-14-12-23-18(15(2)19(14)26-5)13-24-20(21-3)22-11-10-16-6-8-17(25-4)9-7-16;/h6-9,12H,10-11,13H2,1-5H3,(H2,21,22,24);1H. The van der Waals surface area contributed by atoms with Crippen molar-refractivity contribution in [2.45, 2.75) is 26.8 Å². The first-order valence-electron chi connectivity index (χ1n) is 8.65. The molecule has 0 aliphatic rings. The summed E-state index contributed by atoms with van der Waals surface area (Å²) in [7, 11) is 5.12. The Bertz CT molecular complexity index is 748. The number of rotatable bonds is 7. The summed E-state index contributed by atoms with van der Waals surface area (Å²) in [5.74, 6) is 2.51. The second-order valence-electron chi connectivity index (χ2n) is 6.00. The molecule has 0 amide bonds. The average molecular weight is 484 g/mol. The van der Waals surface area contributed by atoms with Gasteiger partial charge in [-0.3, -0.25) is 9.98 Å². The highest BCUT2D eigenvalue weighted by molar-refractivity contribution is 14.0. The molecule has 0 radical (unpaired) electrons. The lowest BCUT2D eigenvalue weighted by Gasteiger charge is -2.15. The summed E-state index contributed by atoms with van der Waals surface area (Å²) in [6.07, 6.45) is 2.74. The molecule has 0 saturated heterocycles. The van der Waals surface area contributed by atoms with E-state index in [-0.39, 0.29) is 24.0 Å². The van der Waals surface area contributed by atoms with Gasteiger partial charge in [0, 0.05) is 30.9 Å². The maximum absolute atomic E-state index is 5.46. The lowest BCUT2D eigenvalue weighted by Crippen LogP contribution is -2.38. The monoisotopic (exact) mass is 484 g/mol. The summed E-state index contributed by atoms with van der Waals surface area (Å²) in [5, 5.41) is 6.63. The van der Waals surface area contributed by atoms with Gasteiger partial charge >= 0.3 is 0 Å². The second-order valence-corrected chi connectivity index (χ2v) is 6.00. The molecule has 2 rings (SSSR count). The van der Waals surface area contributed by atoms with Gasteiger partial charge in [-0.25, -0.2) is 0 Å². The molecule has 0 unspecified atom stereocenters. The van der Waals surface area contributed by atoms with Gasteiger partial charge in [0.15, 0.2) is 5.96 Å². The third-order valence-corrected chi connectivity index (χ3v) is 4.26. The van der Waals surface area contributed by atoms with Crippen molar-refractivity contribution in [1.82, 2.24) is 15.6 Å². The van der Waals surface area contributed by atoms with Crippen molar-refractivity contribution in [2.75, 3.05) is 27.8 Å². The van der Waals surface area contributed by atoms with Crippen molar-refractivity contribution < 1.29 is 9.47 Å². The molecule has 0 spiro atoms. The number of methoxy groups -OCH3 is 2. The maximum atomic E-state index is 5.46. The number of pyridine rings is 1. The average Bonchev–Trinajstić information content (AvgIpc) is 2.66. The molecule has 2 aromatic rings. The van der Waals surface area contributed by atoms with Gasteiger partial charge in [-0.1, -0.05) is 12.1 Å². The summed E-state index contributed by atoms with van der Waals surface area (Å²) < 4.78 is 10.6. The number of ether oxygens (including phenoxy) is 2. The van der Waals surface area contributed by atoms with Crippen molar-refractivity contribution in [2.24, 2.45) is 4.99 Å². The first kappa shape index (κ1) is 23.0. The molecule has 0 bridgehead atoms. The van der Waals surface area contributed by atoms with Crippen LogP contribution in [0.5, 0.6) is 11.5 Å². The quantitative estimate of drug-likeness (QED) is 0.359. The fraction of sp³-hybridized carbons (Fsp3) is 0.400. The van der Waals surface area contributed by atoms with Crippen molar-refractivity contribution in [3.8, 4) is 11.5 Å². The summed E-state index contributed by atoms with van der Waals surface area (Å²) in [6, 6.07) is 8.09. The van der Waals surface area contributed by atoms with Crippen LogP contribution in [-0.4, -0.2) is 38.8 Å². The van der Waals surface area contributed by atoms with Crippen LogP contribution in [0.3, 0.4) is 0 Å². The fourth-order valence-corrected chi connectivity index (χ4v) is 2.75. The summed E-state index contributed by atoms with van der Waals surface area (Å²) in [6.45, 7) is 5.39. The SMILES string of the molecule is CN=C(NCCc1ccc(OC)cc1)NCc1ncc(C)c(OC)c1C.I. The summed E-state index contributed by atoms with van der Waals surface area (Å²) >= 11 is 0. The topological polar surface area (TPSA) is 67.8 Å². The van der Waals surface area contributed by atoms with Crippen LogP contribution in [0.2, 0.25) is 0 Å². The molecule has 2 N–H and O–H groups in total. The van der Waals surface area contributed by atoms with Crippen LogP contribution < -0.4 is 20.1 Å². The number of nitrogens with zero attached hydrogens (tertiary/aromatic N) is 2. The van der Waals surface area contributed by atoms with Crippen LogP contribution in [-0.2, 0) is 13.0 Å². The van der Waals surface area contributed by atoms with Crippen LogP contribution in [0.4, 0.5) is 0 Å². The minimum atomic E-state index is 0. The molecule has 1 aromatic carbocycles.